The number of carbonyl (C=O) groups excluding carboxylic acids is 3. The molecule has 0 bridgehead atoms. The molecule has 1 heterocycles. The average molecular weight is 583 g/mol. The summed E-state index contributed by atoms with van der Waals surface area (Å²) in [4.78, 5) is 38.3. The molecule has 1 aromatic heterocycles. The van der Waals surface area contributed by atoms with E-state index in [4.69, 9.17) is 14.2 Å². The number of benzene rings is 1. The zero-order valence-corrected chi connectivity index (χ0v) is 21.5. The Morgan fingerprint density at radius 1 is 1.18 bits per heavy atom. The number of hydrogen-bond donors (Lipinski definition) is 1. The van der Waals surface area contributed by atoms with E-state index in [2.05, 4.69) is 0 Å². The summed E-state index contributed by atoms with van der Waals surface area (Å²) in [5.41, 5.74) is 0.840. The predicted octanol–water partition coefficient (Wildman–Crippen LogP) is 4.45. The Morgan fingerprint density at radius 3 is 2.39 bits per heavy atom. The van der Waals surface area contributed by atoms with Crippen LogP contribution in [0.3, 0.4) is 0 Å². The number of phenols is 1. The molecular weight excluding hydrogens is 561 g/mol. The number of nitrogens with zero attached hydrogens (tertiary/aromatic N) is 1. The van der Waals surface area contributed by atoms with E-state index in [-0.39, 0.29) is 47.1 Å². The summed E-state index contributed by atoms with van der Waals surface area (Å²) in [5, 5.41) is 19.6. The highest BCUT2D eigenvalue weighted by Gasteiger charge is 2.28. The molecule has 0 saturated carbocycles. The van der Waals surface area contributed by atoms with Gasteiger partial charge >= 0.3 is 11.9 Å². The van der Waals surface area contributed by atoms with Crippen LogP contribution in [0.25, 0.3) is 6.08 Å². The molecule has 8 nitrogen and oxygen atoms in total. The van der Waals surface area contributed by atoms with Crippen LogP contribution in [0.15, 0.2) is 17.7 Å². The number of allylic oxidation sites excluding steroid dienone is 1. The third-order valence-corrected chi connectivity index (χ3v) is 6.58. The number of phenolic OH excluding ortho intramolecular Hbond substituents is 1. The Hall–Kier alpha value is -2.91. The zero-order chi connectivity index (χ0) is 24.7. The number of rotatable bonds is 9. The van der Waals surface area contributed by atoms with Crippen molar-refractivity contribution >= 4 is 57.7 Å². The molecule has 0 fully saturated rings. The first-order valence-electron chi connectivity index (χ1n) is 9.86. The molecule has 0 saturated heterocycles. The van der Waals surface area contributed by atoms with E-state index in [0.29, 0.717) is 19.6 Å². The molecule has 1 aromatic carbocycles. The highest BCUT2D eigenvalue weighted by molar-refractivity contribution is 14.1. The largest absolute Gasteiger partial charge is 0.504 e. The lowest BCUT2D eigenvalue weighted by atomic mass is 10.0. The van der Waals surface area contributed by atoms with Crippen LogP contribution in [0, 0.1) is 21.8 Å². The fourth-order valence-electron chi connectivity index (χ4n) is 2.98. The lowest BCUT2D eigenvalue weighted by Crippen LogP contribution is -2.12. The number of thiophene rings is 1. The standard InChI is InChI=1S/C23H22INO7S/c1-5-31-22(28)19-12(3)21(23(29)32-6-2)33-18(19)10-16(26)14(11-25)7-13-8-15(24)20(27)17(9-13)30-4/h7-9,27H,5-6,10H2,1-4H3. The normalized spacial score (nSPS) is 11.0. The number of nitriles is 1. The van der Waals surface area contributed by atoms with Crippen LogP contribution < -0.4 is 4.74 Å². The molecule has 10 heteroatoms. The maximum Gasteiger partial charge on any atom is 0.348 e. The van der Waals surface area contributed by atoms with Gasteiger partial charge in [0.2, 0.25) is 0 Å². The molecule has 2 aromatic rings. The van der Waals surface area contributed by atoms with Gasteiger partial charge in [-0.05, 0) is 72.7 Å². The number of ether oxygens (including phenoxy) is 3. The Morgan fingerprint density at radius 2 is 1.82 bits per heavy atom. The van der Waals surface area contributed by atoms with Crippen molar-refractivity contribution in [1.82, 2.24) is 0 Å². The Balaban J connectivity index is 2.47. The number of hydrogen-bond acceptors (Lipinski definition) is 9. The van der Waals surface area contributed by atoms with Crippen LogP contribution in [0.2, 0.25) is 0 Å². The van der Waals surface area contributed by atoms with E-state index in [0.717, 1.165) is 11.3 Å². The van der Waals surface area contributed by atoms with Crippen molar-refractivity contribution in [3.63, 3.8) is 0 Å². The number of carbonyl (C=O) groups is 3. The Labute approximate surface area is 208 Å². The van der Waals surface area contributed by atoms with Crippen LogP contribution >= 0.6 is 33.9 Å². The van der Waals surface area contributed by atoms with Gasteiger partial charge in [-0.1, -0.05) is 0 Å². The number of aromatic hydroxyl groups is 1. The van der Waals surface area contributed by atoms with E-state index < -0.39 is 17.7 Å². The van der Waals surface area contributed by atoms with Gasteiger partial charge in [0.25, 0.3) is 0 Å². The monoisotopic (exact) mass is 583 g/mol. The SMILES string of the molecule is CCOC(=O)c1sc(CC(=O)C(C#N)=Cc2cc(I)c(O)c(OC)c2)c(C(=O)OCC)c1C. The van der Waals surface area contributed by atoms with E-state index >= 15 is 0 Å². The molecule has 0 unspecified atom stereocenters. The Kier molecular flexibility index (Phi) is 9.43. The molecular formula is C23H22INO7S. The first kappa shape index (κ1) is 26.3. The summed E-state index contributed by atoms with van der Waals surface area (Å²) >= 11 is 2.89. The van der Waals surface area contributed by atoms with E-state index in [1.54, 1.807) is 26.8 Å². The summed E-state index contributed by atoms with van der Waals surface area (Å²) < 4.78 is 15.8. The van der Waals surface area contributed by atoms with Gasteiger partial charge in [-0.15, -0.1) is 11.3 Å². The number of Topliss-reactive ketones (excluding diaryl/α,β-unsaturated/α-hetero) is 1. The molecule has 0 amide bonds. The summed E-state index contributed by atoms with van der Waals surface area (Å²) in [6.45, 7) is 5.20. The van der Waals surface area contributed by atoms with Crippen molar-refractivity contribution in [1.29, 1.82) is 5.26 Å². The van der Waals surface area contributed by atoms with Gasteiger partial charge in [0.05, 0.1) is 35.0 Å². The van der Waals surface area contributed by atoms with Gasteiger partial charge < -0.3 is 19.3 Å². The summed E-state index contributed by atoms with van der Waals surface area (Å²) in [6.07, 6.45) is 1.11. The van der Waals surface area contributed by atoms with Gasteiger partial charge in [0, 0.05) is 11.3 Å². The molecule has 0 aliphatic rings. The predicted molar refractivity (Wildman–Crippen MR) is 131 cm³/mol. The Bertz CT molecular complexity index is 1160. The lowest BCUT2D eigenvalue weighted by molar-refractivity contribution is -0.114. The fraction of sp³-hybridized carbons (Fsp3) is 0.304. The summed E-state index contributed by atoms with van der Waals surface area (Å²) in [6, 6.07) is 4.98. The van der Waals surface area contributed by atoms with Crippen molar-refractivity contribution in [2.45, 2.75) is 27.2 Å². The minimum atomic E-state index is -0.648. The van der Waals surface area contributed by atoms with Crippen molar-refractivity contribution in [3.05, 3.63) is 47.7 Å². The molecule has 0 spiro atoms. The summed E-state index contributed by atoms with van der Waals surface area (Å²) in [5.74, 6) is -1.62. The van der Waals surface area contributed by atoms with Gasteiger partial charge in [0.15, 0.2) is 17.3 Å². The van der Waals surface area contributed by atoms with Gasteiger partial charge in [-0.2, -0.15) is 5.26 Å². The lowest BCUT2D eigenvalue weighted by Gasteiger charge is -2.07. The molecule has 0 aliphatic carbocycles. The third kappa shape index (κ3) is 6.11. The van der Waals surface area contributed by atoms with Crippen LogP contribution in [-0.2, 0) is 20.7 Å². The fourth-order valence-corrected chi connectivity index (χ4v) is 4.79. The average Bonchev–Trinajstić information content (AvgIpc) is 3.10. The first-order valence-corrected chi connectivity index (χ1v) is 11.8. The van der Waals surface area contributed by atoms with Crippen LogP contribution in [0.1, 0.15) is 49.9 Å². The molecule has 2 rings (SSSR count). The zero-order valence-electron chi connectivity index (χ0n) is 18.5. The number of methoxy groups -OCH3 is 1. The highest BCUT2D eigenvalue weighted by Crippen LogP contribution is 2.34. The molecule has 0 aliphatic heterocycles. The minimum Gasteiger partial charge on any atom is -0.504 e. The van der Waals surface area contributed by atoms with Gasteiger partial charge in [-0.3, -0.25) is 4.79 Å². The topological polar surface area (TPSA) is 123 Å². The second-order valence-corrected chi connectivity index (χ2v) is 8.89. The maximum absolute atomic E-state index is 13.0. The summed E-state index contributed by atoms with van der Waals surface area (Å²) in [7, 11) is 1.39. The second-order valence-electron chi connectivity index (χ2n) is 6.62. The van der Waals surface area contributed by atoms with Gasteiger partial charge in [0.1, 0.15) is 10.9 Å². The van der Waals surface area contributed by atoms with Crippen molar-refractivity contribution in [2.24, 2.45) is 0 Å². The molecule has 1 N–H and O–H groups in total. The molecule has 0 atom stereocenters. The third-order valence-electron chi connectivity index (χ3n) is 4.48. The maximum atomic E-state index is 13.0. The van der Waals surface area contributed by atoms with Crippen LogP contribution in [-0.4, -0.2) is 43.2 Å². The highest BCUT2D eigenvalue weighted by atomic mass is 127. The van der Waals surface area contributed by atoms with Gasteiger partial charge in [-0.25, -0.2) is 9.59 Å². The first-order chi connectivity index (χ1) is 15.7. The molecule has 174 valence electrons. The van der Waals surface area contributed by atoms with E-state index in [1.165, 1.54) is 19.3 Å². The van der Waals surface area contributed by atoms with Crippen molar-refractivity contribution in [2.75, 3.05) is 20.3 Å². The number of ketones is 1. The van der Waals surface area contributed by atoms with Crippen molar-refractivity contribution in [3.8, 4) is 17.6 Å². The minimum absolute atomic E-state index is 0.0419. The van der Waals surface area contributed by atoms with Crippen molar-refractivity contribution < 1.29 is 33.7 Å². The van der Waals surface area contributed by atoms with E-state index in [9.17, 15) is 24.8 Å². The second kappa shape index (κ2) is 11.8. The number of esters is 2. The molecule has 33 heavy (non-hydrogen) atoms. The quantitative estimate of drug-likeness (QED) is 0.199. The smallest absolute Gasteiger partial charge is 0.348 e. The number of halogens is 1. The molecule has 0 radical (unpaired) electrons. The van der Waals surface area contributed by atoms with Crippen LogP contribution in [0.5, 0.6) is 11.5 Å². The van der Waals surface area contributed by atoms with E-state index in [1.807, 2.05) is 28.7 Å². The van der Waals surface area contributed by atoms with Crippen LogP contribution in [0.4, 0.5) is 0 Å².